The molecule has 1 saturated carbocycles. The fourth-order valence-corrected chi connectivity index (χ4v) is 2.71. The molecule has 2 heterocycles. The van der Waals surface area contributed by atoms with Crippen molar-refractivity contribution in [1.82, 2.24) is 19.7 Å². The van der Waals surface area contributed by atoms with Gasteiger partial charge in [-0.2, -0.15) is 0 Å². The van der Waals surface area contributed by atoms with Crippen LogP contribution in [0, 0.1) is 5.92 Å². The summed E-state index contributed by atoms with van der Waals surface area (Å²) < 4.78 is 1.81. The molecule has 7 nitrogen and oxygen atoms in total. The summed E-state index contributed by atoms with van der Waals surface area (Å²) in [5, 5.41) is 12.5. The molecule has 0 aromatic carbocycles. The maximum absolute atomic E-state index is 12.1. The fourth-order valence-electron chi connectivity index (χ4n) is 2.71. The monoisotopic (exact) mass is 289 g/mol. The normalized spacial score (nSPS) is 25.9. The van der Waals surface area contributed by atoms with E-state index >= 15 is 0 Å². The molecule has 21 heavy (non-hydrogen) atoms. The zero-order valence-corrected chi connectivity index (χ0v) is 11.6. The van der Waals surface area contributed by atoms with Crippen LogP contribution in [0.3, 0.4) is 0 Å². The topological polar surface area (TPSA) is 106 Å². The number of imidazole rings is 1. The van der Waals surface area contributed by atoms with Gasteiger partial charge in [0, 0.05) is 30.6 Å². The predicted molar refractivity (Wildman–Crippen MR) is 76.2 cm³/mol. The van der Waals surface area contributed by atoms with E-state index in [1.807, 2.05) is 22.9 Å². The molecule has 0 unspecified atom stereocenters. The second-order valence-electron chi connectivity index (χ2n) is 5.52. The molecule has 3 atom stereocenters. The summed E-state index contributed by atoms with van der Waals surface area (Å²) in [5.41, 5.74) is 6.58. The van der Waals surface area contributed by atoms with Gasteiger partial charge in [0.25, 0.3) is 0 Å². The molecule has 7 heteroatoms. The standard InChI is InChI=1S/C14H19N5O2/c15-11-6-9(2-3-12(11)20)13(21)17-7-10-8-19-5-1-4-16-14(19)18-10/h1,4-5,8-9,11-12,20H,2-3,6-7,15H2,(H,17,21)/t9-,11+,12+/m0/s1. The maximum atomic E-state index is 12.1. The van der Waals surface area contributed by atoms with Crippen molar-refractivity contribution >= 4 is 11.7 Å². The van der Waals surface area contributed by atoms with E-state index in [1.54, 1.807) is 6.20 Å². The van der Waals surface area contributed by atoms with Crippen molar-refractivity contribution < 1.29 is 9.90 Å². The number of carbonyl (C=O) groups excluding carboxylic acids is 1. The van der Waals surface area contributed by atoms with Crippen LogP contribution < -0.4 is 11.1 Å². The molecule has 3 rings (SSSR count). The second-order valence-corrected chi connectivity index (χ2v) is 5.52. The Hall–Kier alpha value is -1.99. The highest BCUT2D eigenvalue weighted by Gasteiger charge is 2.30. The quantitative estimate of drug-likeness (QED) is 0.727. The molecule has 2 aromatic heterocycles. The number of aliphatic hydroxyl groups excluding tert-OH is 1. The highest BCUT2D eigenvalue weighted by Crippen LogP contribution is 2.23. The lowest BCUT2D eigenvalue weighted by Crippen LogP contribution is -2.44. The van der Waals surface area contributed by atoms with Gasteiger partial charge >= 0.3 is 0 Å². The number of carbonyl (C=O) groups is 1. The summed E-state index contributed by atoms with van der Waals surface area (Å²) >= 11 is 0. The van der Waals surface area contributed by atoms with Crippen molar-refractivity contribution in [2.45, 2.75) is 38.0 Å². The third-order valence-electron chi connectivity index (χ3n) is 3.96. The molecule has 2 aromatic rings. The summed E-state index contributed by atoms with van der Waals surface area (Å²) in [7, 11) is 0. The zero-order chi connectivity index (χ0) is 14.8. The van der Waals surface area contributed by atoms with Gasteiger partial charge in [-0.25, -0.2) is 9.97 Å². The Kier molecular flexibility index (Phi) is 3.85. The number of nitrogens with zero attached hydrogens (tertiary/aromatic N) is 3. The van der Waals surface area contributed by atoms with Gasteiger partial charge in [-0.1, -0.05) is 0 Å². The summed E-state index contributed by atoms with van der Waals surface area (Å²) in [5.74, 6) is 0.463. The number of hydrogen-bond acceptors (Lipinski definition) is 5. The SMILES string of the molecule is N[C@@H]1C[C@@H](C(=O)NCc2cn3cccnc3n2)CC[C@H]1O. The van der Waals surface area contributed by atoms with E-state index in [0.29, 0.717) is 31.6 Å². The molecule has 1 aliphatic carbocycles. The average Bonchev–Trinajstić information content (AvgIpc) is 2.90. The number of amides is 1. The van der Waals surface area contributed by atoms with Gasteiger partial charge in [0.2, 0.25) is 11.7 Å². The zero-order valence-electron chi connectivity index (χ0n) is 11.6. The van der Waals surface area contributed by atoms with Crippen LogP contribution in [0.4, 0.5) is 0 Å². The lowest BCUT2D eigenvalue weighted by molar-refractivity contribution is -0.127. The summed E-state index contributed by atoms with van der Waals surface area (Å²) in [6.45, 7) is 0.372. The molecule has 1 aliphatic rings. The lowest BCUT2D eigenvalue weighted by atomic mass is 9.84. The third-order valence-corrected chi connectivity index (χ3v) is 3.96. The Balaban J connectivity index is 1.58. The summed E-state index contributed by atoms with van der Waals surface area (Å²) in [6.07, 6.45) is 6.68. The first kappa shape index (κ1) is 14.0. The predicted octanol–water partition coefficient (Wildman–Crippen LogP) is -0.166. The molecule has 0 saturated heterocycles. The van der Waals surface area contributed by atoms with E-state index < -0.39 is 6.10 Å². The summed E-state index contributed by atoms with van der Waals surface area (Å²) in [6, 6.07) is 1.51. The third kappa shape index (κ3) is 3.03. The smallest absolute Gasteiger partial charge is 0.233 e. The molecular formula is C14H19N5O2. The highest BCUT2D eigenvalue weighted by atomic mass is 16.3. The van der Waals surface area contributed by atoms with E-state index in [2.05, 4.69) is 15.3 Å². The minimum Gasteiger partial charge on any atom is -0.392 e. The molecule has 112 valence electrons. The first-order chi connectivity index (χ1) is 10.1. The minimum atomic E-state index is -0.487. The summed E-state index contributed by atoms with van der Waals surface area (Å²) in [4.78, 5) is 20.6. The van der Waals surface area contributed by atoms with Gasteiger partial charge in [-0.15, -0.1) is 0 Å². The van der Waals surface area contributed by atoms with Crippen LogP contribution in [0.25, 0.3) is 5.78 Å². The molecule has 0 radical (unpaired) electrons. The van der Waals surface area contributed by atoms with Crippen molar-refractivity contribution in [3.8, 4) is 0 Å². The van der Waals surface area contributed by atoms with Crippen LogP contribution in [0.1, 0.15) is 25.0 Å². The first-order valence-corrected chi connectivity index (χ1v) is 7.13. The van der Waals surface area contributed by atoms with Gasteiger partial charge in [-0.3, -0.25) is 9.20 Å². The van der Waals surface area contributed by atoms with Crippen molar-refractivity contribution in [2.24, 2.45) is 11.7 Å². The van der Waals surface area contributed by atoms with Gasteiger partial charge in [0.15, 0.2) is 0 Å². The first-order valence-electron chi connectivity index (χ1n) is 7.13. The minimum absolute atomic E-state index is 0.0256. The molecule has 1 fully saturated rings. The molecule has 0 aliphatic heterocycles. The Bertz CT molecular complexity index is 608. The number of aliphatic hydroxyl groups is 1. The van der Waals surface area contributed by atoms with Gasteiger partial charge in [0.1, 0.15) is 0 Å². The van der Waals surface area contributed by atoms with Crippen molar-refractivity contribution in [3.05, 3.63) is 30.4 Å². The Morgan fingerprint density at radius 1 is 1.52 bits per heavy atom. The molecular weight excluding hydrogens is 270 g/mol. The Labute approximate surface area is 122 Å². The number of nitrogens with one attached hydrogen (secondary N) is 1. The average molecular weight is 289 g/mol. The van der Waals surface area contributed by atoms with Gasteiger partial charge in [0.05, 0.1) is 18.3 Å². The van der Waals surface area contributed by atoms with Crippen LogP contribution in [-0.2, 0) is 11.3 Å². The molecule has 4 N–H and O–H groups in total. The van der Waals surface area contributed by atoms with Crippen LogP contribution in [0.2, 0.25) is 0 Å². The molecule has 1 amide bonds. The largest absolute Gasteiger partial charge is 0.392 e. The van der Waals surface area contributed by atoms with E-state index in [-0.39, 0.29) is 17.9 Å². The Morgan fingerprint density at radius 3 is 3.14 bits per heavy atom. The van der Waals surface area contributed by atoms with Crippen molar-refractivity contribution in [3.63, 3.8) is 0 Å². The van der Waals surface area contributed by atoms with Crippen LogP contribution in [0.15, 0.2) is 24.7 Å². The lowest BCUT2D eigenvalue weighted by Gasteiger charge is -2.29. The van der Waals surface area contributed by atoms with E-state index in [0.717, 1.165) is 5.69 Å². The van der Waals surface area contributed by atoms with E-state index in [4.69, 9.17) is 5.73 Å². The van der Waals surface area contributed by atoms with Crippen LogP contribution >= 0.6 is 0 Å². The van der Waals surface area contributed by atoms with Crippen LogP contribution in [-0.4, -0.2) is 37.5 Å². The van der Waals surface area contributed by atoms with E-state index in [9.17, 15) is 9.90 Å². The maximum Gasteiger partial charge on any atom is 0.233 e. The highest BCUT2D eigenvalue weighted by molar-refractivity contribution is 5.78. The molecule has 0 spiro atoms. The molecule has 0 bridgehead atoms. The number of nitrogens with two attached hydrogens (primary N) is 1. The fraction of sp³-hybridized carbons (Fsp3) is 0.500. The Morgan fingerprint density at radius 2 is 2.38 bits per heavy atom. The number of hydrogen-bond donors (Lipinski definition) is 3. The van der Waals surface area contributed by atoms with E-state index in [1.165, 1.54) is 0 Å². The second kappa shape index (κ2) is 5.79. The number of rotatable bonds is 3. The van der Waals surface area contributed by atoms with Gasteiger partial charge < -0.3 is 16.2 Å². The van der Waals surface area contributed by atoms with Crippen molar-refractivity contribution in [2.75, 3.05) is 0 Å². The van der Waals surface area contributed by atoms with Gasteiger partial charge in [-0.05, 0) is 25.3 Å². The number of fused-ring (bicyclic) bond motifs is 1. The van der Waals surface area contributed by atoms with Crippen LogP contribution in [0.5, 0.6) is 0 Å². The van der Waals surface area contributed by atoms with Crippen molar-refractivity contribution in [1.29, 1.82) is 0 Å². The number of aromatic nitrogens is 3.